The number of benzene rings is 2. The molecule has 4 rings (SSSR count). The van der Waals surface area contributed by atoms with Crippen LogP contribution in [0, 0.1) is 0 Å². The molecule has 0 saturated carbocycles. The monoisotopic (exact) mass is 489 g/mol. The Morgan fingerprint density at radius 1 is 0.971 bits per heavy atom. The minimum Gasteiger partial charge on any atom is -0.491 e. The molecule has 2 aromatic carbocycles. The van der Waals surface area contributed by atoms with E-state index in [0.29, 0.717) is 39.4 Å². The van der Waals surface area contributed by atoms with Gasteiger partial charge in [-0.15, -0.1) is 0 Å². The molecule has 2 aromatic heterocycles. The zero-order chi connectivity index (χ0) is 24.9. The number of fused-ring (bicyclic) bond motifs is 1. The Morgan fingerprint density at radius 3 is 2.37 bits per heavy atom. The van der Waals surface area contributed by atoms with E-state index < -0.39 is 11.8 Å². The second-order valence-electron chi connectivity index (χ2n) is 8.03. The van der Waals surface area contributed by atoms with Gasteiger partial charge in [-0.25, -0.2) is 9.78 Å². The van der Waals surface area contributed by atoms with Crippen LogP contribution >= 0.6 is 11.7 Å². The molecule has 8 nitrogen and oxygen atoms in total. The molecule has 0 fully saturated rings. The summed E-state index contributed by atoms with van der Waals surface area (Å²) in [7, 11) is 1.49. The van der Waals surface area contributed by atoms with E-state index in [1.165, 1.54) is 7.11 Å². The van der Waals surface area contributed by atoms with E-state index in [-0.39, 0.29) is 23.7 Å². The topological polar surface area (TPSA) is 112 Å². The molecule has 0 radical (unpaired) electrons. The Bertz CT molecular complexity index is 1410. The summed E-state index contributed by atoms with van der Waals surface area (Å²) in [6, 6.07) is 15.1. The van der Waals surface area contributed by atoms with Gasteiger partial charge in [0.15, 0.2) is 5.78 Å². The van der Waals surface area contributed by atoms with Crippen molar-refractivity contribution in [1.82, 2.24) is 13.7 Å². The fourth-order valence-corrected chi connectivity index (χ4v) is 4.17. The summed E-state index contributed by atoms with van der Waals surface area (Å²) in [6.07, 6.45) is 1.61. The molecule has 2 heterocycles. The molecule has 9 heteroatoms. The Balaban J connectivity index is 1.85. The van der Waals surface area contributed by atoms with Crippen LogP contribution in [0.4, 0.5) is 0 Å². The van der Waals surface area contributed by atoms with Crippen LogP contribution in [0.3, 0.4) is 0 Å². The van der Waals surface area contributed by atoms with Gasteiger partial charge in [0.25, 0.3) is 0 Å². The molecule has 0 unspecified atom stereocenters. The average molecular weight is 490 g/mol. The summed E-state index contributed by atoms with van der Waals surface area (Å²) in [5, 5.41) is 10.2. The second kappa shape index (κ2) is 10.4. The first-order chi connectivity index (χ1) is 16.9. The van der Waals surface area contributed by atoms with Gasteiger partial charge in [0.1, 0.15) is 16.8 Å². The number of nitrogens with zero attached hydrogens (tertiary/aromatic N) is 3. The minimum absolute atomic E-state index is 0.0117. The first-order valence-electron chi connectivity index (χ1n) is 10.8. The van der Waals surface area contributed by atoms with Crippen molar-refractivity contribution in [3.63, 3.8) is 0 Å². The van der Waals surface area contributed by atoms with E-state index in [4.69, 9.17) is 9.47 Å². The Kier molecular flexibility index (Phi) is 7.17. The lowest BCUT2D eigenvalue weighted by molar-refractivity contribution is -0.130. The lowest BCUT2D eigenvalue weighted by atomic mass is 9.89. The molecule has 0 spiro atoms. The highest BCUT2D eigenvalue weighted by Crippen LogP contribution is 2.29. The van der Waals surface area contributed by atoms with Crippen molar-refractivity contribution in [3.05, 3.63) is 83.1 Å². The smallest absolute Gasteiger partial charge is 0.336 e. The minimum atomic E-state index is -1.21. The van der Waals surface area contributed by atoms with Gasteiger partial charge in [-0.2, -0.15) is 8.75 Å². The summed E-state index contributed by atoms with van der Waals surface area (Å²) >= 11 is 1.04. The van der Waals surface area contributed by atoms with Crippen LogP contribution in [-0.2, 0) is 11.2 Å². The van der Waals surface area contributed by atoms with Crippen LogP contribution in [0.2, 0.25) is 0 Å². The maximum Gasteiger partial charge on any atom is 0.336 e. The molecule has 1 N–H and O–H groups in total. The Labute approximate surface area is 206 Å². The molecule has 0 aliphatic heterocycles. The largest absolute Gasteiger partial charge is 0.491 e. The molecule has 0 saturated heterocycles. The third kappa shape index (κ3) is 5.52. The van der Waals surface area contributed by atoms with E-state index in [2.05, 4.69) is 13.7 Å². The highest BCUT2D eigenvalue weighted by molar-refractivity contribution is 7.00. The van der Waals surface area contributed by atoms with Crippen LogP contribution in [0.1, 0.15) is 35.3 Å². The highest BCUT2D eigenvalue weighted by atomic mass is 32.1. The molecular formula is C26H23N3O5S. The van der Waals surface area contributed by atoms with E-state index in [9.17, 15) is 14.7 Å². The first kappa shape index (κ1) is 24.0. The molecule has 0 amide bonds. The average Bonchev–Trinajstić information content (AvgIpc) is 3.31. The van der Waals surface area contributed by atoms with Crippen molar-refractivity contribution >= 4 is 40.1 Å². The summed E-state index contributed by atoms with van der Waals surface area (Å²) in [6.45, 7) is 3.83. The fraction of sp³-hybridized carbons (Fsp3) is 0.192. The van der Waals surface area contributed by atoms with E-state index in [1.807, 2.05) is 13.8 Å². The molecule has 35 heavy (non-hydrogen) atoms. The van der Waals surface area contributed by atoms with Gasteiger partial charge in [-0.3, -0.25) is 4.79 Å². The predicted octanol–water partition coefficient (Wildman–Crippen LogP) is 4.85. The van der Waals surface area contributed by atoms with Crippen LogP contribution in [0.15, 0.2) is 66.4 Å². The molecule has 4 aromatic rings. The lowest BCUT2D eigenvalue weighted by Crippen LogP contribution is -2.14. The summed E-state index contributed by atoms with van der Waals surface area (Å²) in [4.78, 5) is 30.4. The van der Waals surface area contributed by atoms with Gasteiger partial charge in [0.2, 0.25) is 5.88 Å². The van der Waals surface area contributed by atoms with Crippen LogP contribution < -0.4 is 9.47 Å². The van der Waals surface area contributed by atoms with Gasteiger partial charge < -0.3 is 14.6 Å². The van der Waals surface area contributed by atoms with E-state index >= 15 is 0 Å². The number of ketones is 1. The summed E-state index contributed by atoms with van der Waals surface area (Å²) < 4.78 is 19.3. The third-order valence-corrected chi connectivity index (χ3v) is 5.77. The SMILES string of the molecule is COc1cc(CC(C(=O)c2ccc(OC(C)C)cc2)=C(C(=O)O)c2ccc3nsnc3c2)ccn1. The van der Waals surface area contributed by atoms with Crippen molar-refractivity contribution in [3.8, 4) is 11.6 Å². The molecular weight excluding hydrogens is 466 g/mol. The van der Waals surface area contributed by atoms with Gasteiger partial charge in [-0.1, -0.05) is 6.07 Å². The molecule has 0 aliphatic carbocycles. The van der Waals surface area contributed by atoms with Crippen LogP contribution in [-0.4, -0.2) is 43.8 Å². The summed E-state index contributed by atoms with van der Waals surface area (Å²) in [5.41, 5.74) is 2.69. The number of rotatable bonds is 9. The number of pyridine rings is 1. The number of carbonyl (C=O) groups is 2. The maximum atomic E-state index is 13.7. The number of aliphatic carboxylic acids is 1. The van der Waals surface area contributed by atoms with Gasteiger partial charge >= 0.3 is 5.97 Å². The van der Waals surface area contributed by atoms with Crippen molar-refractivity contribution in [2.75, 3.05) is 7.11 Å². The van der Waals surface area contributed by atoms with Crippen LogP contribution in [0.5, 0.6) is 11.6 Å². The standard InChI is InChI=1S/C26H23N3O5S/c1-15(2)34-19-7-4-17(5-8-19)25(30)20(12-16-10-11-27-23(13-16)33-3)24(26(31)32)18-6-9-21-22(14-18)29-35-28-21/h4-11,13-15H,12H2,1-3H3,(H,31,32). The number of carbonyl (C=O) groups excluding carboxylic acids is 1. The molecule has 0 bridgehead atoms. The molecule has 178 valence electrons. The van der Waals surface area contributed by atoms with Crippen molar-refractivity contribution in [2.45, 2.75) is 26.4 Å². The van der Waals surface area contributed by atoms with Crippen molar-refractivity contribution in [2.24, 2.45) is 0 Å². The number of hydrogen-bond donors (Lipinski definition) is 1. The van der Waals surface area contributed by atoms with Crippen molar-refractivity contribution < 1.29 is 24.2 Å². The molecule has 0 atom stereocenters. The Hall–Kier alpha value is -4.11. The number of allylic oxidation sites excluding steroid dienone is 1. The fourth-order valence-electron chi connectivity index (χ4n) is 3.65. The molecule has 0 aliphatic rings. The normalized spacial score (nSPS) is 11.9. The van der Waals surface area contributed by atoms with Gasteiger partial charge in [0.05, 0.1) is 30.5 Å². The third-order valence-electron chi connectivity index (χ3n) is 5.21. The number of hydrogen-bond acceptors (Lipinski definition) is 8. The quantitative estimate of drug-likeness (QED) is 0.262. The van der Waals surface area contributed by atoms with Crippen LogP contribution in [0.25, 0.3) is 16.6 Å². The van der Waals surface area contributed by atoms with Crippen molar-refractivity contribution in [1.29, 1.82) is 0 Å². The lowest BCUT2D eigenvalue weighted by Gasteiger charge is -2.14. The highest BCUT2D eigenvalue weighted by Gasteiger charge is 2.24. The maximum absolute atomic E-state index is 13.7. The Morgan fingerprint density at radius 2 is 1.69 bits per heavy atom. The summed E-state index contributed by atoms with van der Waals surface area (Å²) in [5.74, 6) is -0.611. The number of methoxy groups -OCH3 is 1. The van der Waals surface area contributed by atoms with Gasteiger partial charge in [-0.05, 0) is 67.4 Å². The number of carboxylic acids is 1. The second-order valence-corrected chi connectivity index (χ2v) is 8.56. The number of ether oxygens (including phenoxy) is 2. The number of carboxylic acid groups (broad SMARTS) is 1. The van der Waals surface area contributed by atoms with Gasteiger partial charge in [0, 0.05) is 29.8 Å². The first-order valence-corrected chi connectivity index (χ1v) is 11.6. The number of aromatic nitrogens is 3. The number of Topliss-reactive ketones (excluding diaryl/α,β-unsaturated/α-hetero) is 1. The predicted molar refractivity (Wildman–Crippen MR) is 133 cm³/mol. The van der Waals surface area contributed by atoms with E-state index in [0.717, 1.165) is 11.7 Å². The zero-order valence-corrected chi connectivity index (χ0v) is 20.2. The zero-order valence-electron chi connectivity index (χ0n) is 19.4. The van der Waals surface area contributed by atoms with E-state index in [1.54, 1.807) is 60.8 Å².